The molecule has 0 spiro atoms. The van der Waals surface area contributed by atoms with Gasteiger partial charge in [0.25, 0.3) is 5.56 Å². The van der Waals surface area contributed by atoms with Crippen LogP contribution in [0.15, 0.2) is 70.0 Å². The molecule has 4 rings (SSSR count). The lowest BCUT2D eigenvalue weighted by Crippen LogP contribution is -2.15. The van der Waals surface area contributed by atoms with Crippen molar-refractivity contribution in [2.24, 2.45) is 0 Å². The second kappa shape index (κ2) is 6.92. The van der Waals surface area contributed by atoms with Gasteiger partial charge in [-0.15, -0.1) is 0 Å². The van der Waals surface area contributed by atoms with Crippen molar-refractivity contribution in [2.75, 3.05) is 5.32 Å². The molecule has 0 fully saturated rings. The Kier molecular flexibility index (Phi) is 4.30. The second-order valence-corrected chi connectivity index (χ2v) is 6.36. The van der Waals surface area contributed by atoms with E-state index in [9.17, 15) is 9.59 Å². The molecule has 2 aromatic carbocycles. The number of amides is 1. The Balaban J connectivity index is 1.48. The van der Waals surface area contributed by atoms with Gasteiger partial charge in [-0.3, -0.25) is 9.59 Å². The smallest absolute Gasteiger partial charge is 0.251 e. The van der Waals surface area contributed by atoms with Gasteiger partial charge in [0.1, 0.15) is 0 Å². The molecule has 0 unspecified atom stereocenters. The van der Waals surface area contributed by atoms with Gasteiger partial charge in [0.2, 0.25) is 5.91 Å². The number of carbonyl (C=O) groups excluding carboxylic acids is 1. The fourth-order valence-electron chi connectivity index (χ4n) is 2.89. The molecule has 0 saturated heterocycles. The molecule has 0 aliphatic rings. The van der Waals surface area contributed by atoms with E-state index in [2.05, 4.69) is 15.5 Å². The van der Waals surface area contributed by atoms with Crippen molar-refractivity contribution in [3.05, 3.63) is 82.3 Å². The van der Waals surface area contributed by atoms with Crippen LogP contribution in [-0.4, -0.2) is 16.0 Å². The number of hydrogen-bond donors (Lipinski definition) is 2. The zero-order valence-electron chi connectivity index (χ0n) is 14.7. The normalized spacial score (nSPS) is 10.9. The van der Waals surface area contributed by atoms with Crippen molar-refractivity contribution >= 4 is 22.5 Å². The predicted octanol–water partition coefficient (Wildman–Crippen LogP) is 3.67. The number of benzene rings is 2. The summed E-state index contributed by atoms with van der Waals surface area (Å²) in [6.07, 6.45) is 0.0960. The number of fused-ring (bicyclic) bond motifs is 1. The molecule has 6 heteroatoms. The van der Waals surface area contributed by atoms with E-state index in [4.69, 9.17) is 4.52 Å². The number of aromatic amines is 1. The van der Waals surface area contributed by atoms with Crippen LogP contribution < -0.4 is 10.9 Å². The summed E-state index contributed by atoms with van der Waals surface area (Å²) in [6, 6.07) is 18.6. The summed E-state index contributed by atoms with van der Waals surface area (Å²) in [7, 11) is 0. The third-order valence-electron chi connectivity index (χ3n) is 4.27. The maximum atomic E-state index is 12.3. The molecule has 1 amide bonds. The van der Waals surface area contributed by atoms with E-state index >= 15 is 0 Å². The van der Waals surface area contributed by atoms with Gasteiger partial charge in [0, 0.05) is 22.9 Å². The molecule has 0 aliphatic carbocycles. The van der Waals surface area contributed by atoms with Gasteiger partial charge >= 0.3 is 0 Å². The molecule has 2 aromatic heterocycles. The molecule has 27 heavy (non-hydrogen) atoms. The van der Waals surface area contributed by atoms with Gasteiger partial charge < -0.3 is 14.8 Å². The topological polar surface area (TPSA) is 88.0 Å². The lowest BCUT2D eigenvalue weighted by Gasteiger charge is -2.06. The number of nitrogens with zero attached hydrogens (tertiary/aromatic N) is 1. The summed E-state index contributed by atoms with van der Waals surface area (Å²) < 4.78 is 5.31. The van der Waals surface area contributed by atoms with Crippen LogP contribution in [0.1, 0.15) is 11.3 Å². The number of nitrogens with one attached hydrogen (secondary N) is 2. The van der Waals surface area contributed by atoms with E-state index in [1.54, 1.807) is 25.1 Å². The fourth-order valence-corrected chi connectivity index (χ4v) is 2.89. The fraction of sp³-hybridized carbons (Fsp3) is 0.0952. The third kappa shape index (κ3) is 3.64. The monoisotopic (exact) mass is 359 g/mol. The minimum atomic E-state index is -0.211. The summed E-state index contributed by atoms with van der Waals surface area (Å²) >= 11 is 0. The Morgan fingerprint density at radius 2 is 1.93 bits per heavy atom. The van der Waals surface area contributed by atoms with Crippen molar-refractivity contribution in [2.45, 2.75) is 13.3 Å². The van der Waals surface area contributed by atoms with Gasteiger partial charge in [-0.2, -0.15) is 0 Å². The van der Waals surface area contributed by atoms with E-state index in [1.807, 2.05) is 42.5 Å². The third-order valence-corrected chi connectivity index (χ3v) is 4.27. The van der Waals surface area contributed by atoms with Crippen molar-refractivity contribution < 1.29 is 9.32 Å². The van der Waals surface area contributed by atoms with E-state index in [1.165, 1.54) is 0 Å². The van der Waals surface area contributed by atoms with Crippen molar-refractivity contribution in [3.8, 4) is 11.3 Å². The van der Waals surface area contributed by atoms with Crippen LogP contribution in [0.25, 0.3) is 22.2 Å². The van der Waals surface area contributed by atoms with Crippen LogP contribution in [0.3, 0.4) is 0 Å². The van der Waals surface area contributed by atoms with Crippen LogP contribution >= 0.6 is 0 Å². The van der Waals surface area contributed by atoms with E-state index < -0.39 is 0 Å². The molecule has 4 aromatic rings. The SMILES string of the molecule is Cc1cc2ccc(NC(=O)Cc3cc(-c4ccccc4)on3)cc2[nH]c1=O. The molecule has 2 N–H and O–H groups in total. The Hall–Kier alpha value is -3.67. The summed E-state index contributed by atoms with van der Waals surface area (Å²) in [5, 5.41) is 7.70. The standard InChI is InChI=1S/C21H17N3O3/c1-13-9-15-7-8-16(10-18(15)23-21(13)26)22-20(25)12-17-11-19(27-24-17)14-5-3-2-4-6-14/h2-11H,12H2,1H3,(H,22,25)(H,23,26). The Labute approximate surface area is 154 Å². The highest BCUT2D eigenvalue weighted by Crippen LogP contribution is 2.21. The van der Waals surface area contributed by atoms with Crippen LogP contribution in [0.4, 0.5) is 5.69 Å². The lowest BCUT2D eigenvalue weighted by atomic mass is 10.1. The first kappa shape index (κ1) is 16.8. The number of aryl methyl sites for hydroxylation is 1. The molecule has 6 nitrogen and oxygen atoms in total. The molecule has 0 bridgehead atoms. The van der Waals surface area contributed by atoms with Gasteiger partial charge in [-0.25, -0.2) is 0 Å². The average Bonchev–Trinajstić information content (AvgIpc) is 3.12. The summed E-state index contributed by atoms with van der Waals surface area (Å²) in [5.41, 5.74) is 3.26. The number of aromatic nitrogens is 2. The molecule has 2 heterocycles. The highest BCUT2D eigenvalue weighted by molar-refractivity contribution is 5.94. The maximum absolute atomic E-state index is 12.3. The Morgan fingerprint density at radius 3 is 2.74 bits per heavy atom. The van der Waals surface area contributed by atoms with Crippen molar-refractivity contribution in [3.63, 3.8) is 0 Å². The highest BCUT2D eigenvalue weighted by Gasteiger charge is 2.11. The minimum Gasteiger partial charge on any atom is -0.356 e. The predicted molar refractivity (Wildman–Crippen MR) is 104 cm³/mol. The summed E-state index contributed by atoms with van der Waals surface area (Å²) in [4.78, 5) is 26.9. The zero-order chi connectivity index (χ0) is 18.8. The number of rotatable bonds is 4. The number of carbonyl (C=O) groups is 1. The number of pyridine rings is 1. The molecule has 0 atom stereocenters. The second-order valence-electron chi connectivity index (χ2n) is 6.36. The van der Waals surface area contributed by atoms with E-state index in [0.29, 0.717) is 28.2 Å². The number of hydrogen-bond acceptors (Lipinski definition) is 4. The molecular formula is C21H17N3O3. The molecule has 0 aliphatic heterocycles. The van der Waals surface area contributed by atoms with E-state index in [-0.39, 0.29) is 17.9 Å². The van der Waals surface area contributed by atoms with E-state index in [0.717, 1.165) is 10.9 Å². The summed E-state index contributed by atoms with van der Waals surface area (Å²) in [5.74, 6) is 0.411. The first-order chi connectivity index (χ1) is 13.1. The molecule has 0 radical (unpaired) electrons. The van der Waals surface area contributed by atoms with Crippen LogP contribution in [0.2, 0.25) is 0 Å². The first-order valence-electron chi connectivity index (χ1n) is 8.53. The minimum absolute atomic E-state index is 0.0960. The number of anilines is 1. The van der Waals surface area contributed by atoms with Crippen LogP contribution in [0.5, 0.6) is 0 Å². The number of H-pyrrole nitrogens is 1. The Morgan fingerprint density at radius 1 is 1.11 bits per heavy atom. The van der Waals surface area contributed by atoms with Gasteiger partial charge in [0.05, 0.1) is 17.6 Å². The quantitative estimate of drug-likeness (QED) is 0.582. The summed E-state index contributed by atoms with van der Waals surface area (Å²) in [6.45, 7) is 1.76. The maximum Gasteiger partial charge on any atom is 0.251 e. The lowest BCUT2D eigenvalue weighted by molar-refractivity contribution is -0.115. The molecule has 0 saturated carbocycles. The highest BCUT2D eigenvalue weighted by atomic mass is 16.5. The van der Waals surface area contributed by atoms with Gasteiger partial charge in [0.15, 0.2) is 5.76 Å². The first-order valence-corrected chi connectivity index (χ1v) is 8.53. The van der Waals surface area contributed by atoms with Crippen LogP contribution in [-0.2, 0) is 11.2 Å². The average molecular weight is 359 g/mol. The van der Waals surface area contributed by atoms with Gasteiger partial charge in [-0.1, -0.05) is 41.6 Å². The van der Waals surface area contributed by atoms with Gasteiger partial charge in [-0.05, 0) is 30.5 Å². The van der Waals surface area contributed by atoms with Crippen molar-refractivity contribution in [1.82, 2.24) is 10.1 Å². The van der Waals surface area contributed by atoms with Crippen LogP contribution in [0, 0.1) is 6.92 Å². The largest absolute Gasteiger partial charge is 0.356 e. The zero-order valence-corrected chi connectivity index (χ0v) is 14.7. The molecular weight excluding hydrogens is 342 g/mol. The van der Waals surface area contributed by atoms with Crippen molar-refractivity contribution in [1.29, 1.82) is 0 Å². The Bertz CT molecular complexity index is 1180. The molecule has 134 valence electrons.